The van der Waals surface area contributed by atoms with Crippen molar-refractivity contribution in [2.24, 2.45) is 0 Å². The molecule has 4 aromatic rings. The second-order valence-corrected chi connectivity index (χ2v) is 8.30. The second-order valence-electron chi connectivity index (χ2n) is 7.38. The highest BCUT2D eigenvalue weighted by molar-refractivity contribution is 9.10. The summed E-state index contributed by atoms with van der Waals surface area (Å²) in [5.41, 5.74) is 2.50. The zero-order valence-electron chi connectivity index (χ0n) is 16.8. The van der Waals surface area contributed by atoms with E-state index in [9.17, 15) is 9.18 Å². The standard InChI is InChI=1S/C26H18BrFN2O2/c27-18-12-13-24-23(15-18)26(31)30(20-8-5-7-19(28)16-20)25(29-24)17-6-4-11-22(14-17)32-21-9-2-1-3-10-21/h1-16,25,29H/t25-/m0/s1. The quantitative estimate of drug-likeness (QED) is 0.331. The molecular weight excluding hydrogens is 471 g/mol. The molecule has 32 heavy (non-hydrogen) atoms. The Morgan fingerprint density at radius 1 is 0.844 bits per heavy atom. The smallest absolute Gasteiger partial charge is 0.262 e. The van der Waals surface area contributed by atoms with Gasteiger partial charge in [-0.3, -0.25) is 9.69 Å². The van der Waals surface area contributed by atoms with Gasteiger partial charge in [0.15, 0.2) is 0 Å². The fourth-order valence-electron chi connectivity index (χ4n) is 3.78. The monoisotopic (exact) mass is 488 g/mol. The summed E-state index contributed by atoms with van der Waals surface area (Å²) < 4.78 is 20.8. The van der Waals surface area contributed by atoms with Crippen LogP contribution < -0.4 is 15.0 Å². The number of carbonyl (C=O) groups excluding carboxylic acids is 1. The van der Waals surface area contributed by atoms with Gasteiger partial charge >= 0.3 is 0 Å². The van der Waals surface area contributed by atoms with E-state index < -0.39 is 12.0 Å². The fourth-order valence-corrected chi connectivity index (χ4v) is 4.14. The van der Waals surface area contributed by atoms with Gasteiger partial charge in [-0.25, -0.2) is 4.39 Å². The number of hydrogen-bond acceptors (Lipinski definition) is 3. The summed E-state index contributed by atoms with van der Waals surface area (Å²) in [7, 11) is 0. The van der Waals surface area contributed by atoms with Crippen LogP contribution >= 0.6 is 15.9 Å². The summed E-state index contributed by atoms with van der Waals surface area (Å²) in [5, 5.41) is 3.44. The number of hydrogen-bond donors (Lipinski definition) is 1. The number of rotatable bonds is 4. The molecule has 4 aromatic carbocycles. The van der Waals surface area contributed by atoms with Crippen LogP contribution in [0.1, 0.15) is 22.1 Å². The molecule has 1 atom stereocenters. The Bertz CT molecular complexity index is 1300. The Balaban J connectivity index is 1.58. The highest BCUT2D eigenvalue weighted by Crippen LogP contribution is 2.38. The maximum atomic E-state index is 14.1. The maximum absolute atomic E-state index is 14.1. The summed E-state index contributed by atoms with van der Waals surface area (Å²) in [6.45, 7) is 0. The van der Waals surface area contributed by atoms with Gasteiger partial charge in [0.2, 0.25) is 0 Å². The third kappa shape index (κ3) is 3.97. The maximum Gasteiger partial charge on any atom is 0.262 e. The number of fused-ring (bicyclic) bond motifs is 1. The SMILES string of the molecule is O=C1c2cc(Br)ccc2N[C@H](c2cccc(Oc3ccccc3)c2)N1c1cccc(F)c1. The van der Waals surface area contributed by atoms with E-state index >= 15 is 0 Å². The predicted octanol–water partition coefficient (Wildman–Crippen LogP) is 7.15. The summed E-state index contributed by atoms with van der Waals surface area (Å²) in [5.74, 6) is 0.735. The number of anilines is 2. The first-order valence-corrected chi connectivity index (χ1v) is 10.9. The van der Waals surface area contributed by atoms with Crippen LogP contribution in [0.15, 0.2) is 102 Å². The molecule has 0 fully saturated rings. The number of para-hydroxylation sites is 1. The van der Waals surface area contributed by atoms with Crippen molar-refractivity contribution in [3.05, 3.63) is 118 Å². The summed E-state index contributed by atoms with van der Waals surface area (Å²) in [4.78, 5) is 15.1. The Morgan fingerprint density at radius 3 is 2.44 bits per heavy atom. The topological polar surface area (TPSA) is 41.6 Å². The first-order chi connectivity index (χ1) is 15.6. The molecule has 1 N–H and O–H groups in total. The van der Waals surface area contributed by atoms with Crippen molar-refractivity contribution in [3.8, 4) is 11.5 Å². The molecular formula is C26H18BrFN2O2. The Kier molecular flexibility index (Phi) is 5.37. The van der Waals surface area contributed by atoms with Crippen LogP contribution in [0, 0.1) is 5.82 Å². The molecule has 0 bridgehead atoms. The third-order valence-corrected chi connectivity index (χ3v) is 5.71. The molecule has 1 heterocycles. The lowest BCUT2D eigenvalue weighted by atomic mass is 10.0. The van der Waals surface area contributed by atoms with Gasteiger partial charge in [-0.15, -0.1) is 0 Å². The Hall–Kier alpha value is -3.64. The first-order valence-electron chi connectivity index (χ1n) is 10.1. The number of amides is 1. The predicted molar refractivity (Wildman–Crippen MR) is 127 cm³/mol. The van der Waals surface area contributed by atoms with Crippen LogP contribution in [0.25, 0.3) is 0 Å². The van der Waals surface area contributed by atoms with Gasteiger partial charge in [-0.05, 0) is 66.2 Å². The molecule has 5 rings (SSSR count). The average Bonchev–Trinajstić information content (AvgIpc) is 2.80. The average molecular weight is 489 g/mol. The normalized spacial score (nSPS) is 15.1. The lowest BCUT2D eigenvalue weighted by Gasteiger charge is -2.38. The van der Waals surface area contributed by atoms with Crippen molar-refractivity contribution >= 4 is 33.2 Å². The van der Waals surface area contributed by atoms with Crippen LogP contribution in [0.3, 0.4) is 0 Å². The van der Waals surface area contributed by atoms with E-state index in [0.29, 0.717) is 22.7 Å². The van der Waals surface area contributed by atoms with Gasteiger partial charge in [0.25, 0.3) is 5.91 Å². The molecule has 1 aliphatic heterocycles. The number of ether oxygens (including phenoxy) is 1. The van der Waals surface area contributed by atoms with Crippen molar-refractivity contribution in [2.45, 2.75) is 6.17 Å². The minimum absolute atomic E-state index is 0.218. The molecule has 0 unspecified atom stereocenters. The van der Waals surface area contributed by atoms with Gasteiger partial charge in [0, 0.05) is 15.8 Å². The lowest BCUT2D eigenvalue weighted by molar-refractivity contribution is 0.0974. The van der Waals surface area contributed by atoms with Crippen LogP contribution in [0.2, 0.25) is 0 Å². The number of benzene rings is 4. The minimum atomic E-state index is -0.544. The van der Waals surface area contributed by atoms with Gasteiger partial charge < -0.3 is 10.1 Å². The van der Waals surface area contributed by atoms with Crippen LogP contribution in [0.4, 0.5) is 15.8 Å². The minimum Gasteiger partial charge on any atom is -0.457 e. The fraction of sp³-hybridized carbons (Fsp3) is 0.0385. The van der Waals surface area contributed by atoms with E-state index in [-0.39, 0.29) is 5.91 Å². The number of carbonyl (C=O) groups is 1. The molecule has 6 heteroatoms. The van der Waals surface area contributed by atoms with E-state index in [1.54, 1.807) is 23.1 Å². The van der Waals surface area contributed by atoms with Crippen LogP contribution in [0.5, 0.6) is 11.5 Å². The number of nitrogens with one attached hydrogen (secondary N) is 1. The zero-order chi connectivity index (χ0) is 22.1. The van der Waals surface area contributed by atoms with Gasteiger partial charge in [0.1, 0.15) is 23.5 Å². The zero-order valence-corrected chi connectivity index (χ0v) is 18.4. The highest BCUT2D eigenvalue weighted by Gasteiger charge is 2.34. The van der Waals surface area contributed by atoms with E-state index in [1.165, 1.54) is 12.1 Å². The largest absolute Gasteiger partial charge is 0.457 e. The molecule has 1 aliphatic rings. The van der Waals surface area contributed by atoms with Gasteiger partial charge in [-0.2, -0.15) is 0 Å². The molecule has 0 saturated carbocycles. The van der Waals surface area contributed by atoms with Crippen LogP contribution in [-0.2, 0) is 0 Å². The number of nitrogens with zero attached hydrogens (tertiary/aromatic N) is 1. The molecule has 0 radical (unpaired) electrons. The molecule has 0 aromatic heterocycles. The molecule has 0 saturated heterocycles. The lowest BCUT2D eigenvalue weighted by Crippen LogP contribution is -2.43. The summed E-state index contributed by atoms with van der Waals surface area (Å²) in [6, 6.07) is 28.6. The van der Waals surface area contributed by atoms with Crippen LogP contribution in [-0.4, -0.2) is 5.91 Å². The van der Waals surface area contributed by atoms with Crippen molar-refractivity contribution in [1.29, 1.82) is 0 Å². The van der Waals surface area contributed by atoms with E-state index in [4.69, 9.17) is 4.74 Å². The molecule has 1 amide bonds. The molecule has 158 valence electrons. The van der Waals surface area contributed by atoms with E-state index in [0.717, 1.165) is 15.8 Å². The highest BCUT2D eigenvalue weighted by atomic mass is 79.9. The van der Waals surface area contributed by atoms with E-state index in [2.05, 4.69) is 21.2 Å². The van der Waals surface area contributed by atoms with Gasteiger partial charge in [-0.1, -0.05) is 52.3 Å². The van der Waals surface area contributed by atoms with Crippen molar-refractivity contribution in [3.63, 3.8) is 0 Å². The second kappa shape index (κ2) is 8.48. The Labute approximate surface area is 193 Å². The molecule has 0 aliphatic carbocycles. The molecule has 0 spiro atoms. The summed E-state index contributed by atoms with van der Waals surface area (Å²) >= 11 is 3.43. The third-order valence-electron chi connectivity index (χ3n) is 5.22. The first kappa shape index (κ1) is 20.3. The van der Waals surface area contributed by atoms with Crippen molar-refractivity contribution in [2.75, 3.05) is 10.2 Å². The van der Waals surface area contributed by atoms with Crippen molar-refractivity contribution in [1.82, 2.24) is 0 Å². The van der Waals surface area contributed by atoms with Crippen molar-refractivity contribution < 1.29 is 13.9 Å². The van der Waals surface area contributed by atoms with E-state index in [1.807, 2.05) is 66.7 Å². The summed E-state index contributed by atoms with van der Waals surface area (Å²) in [6.07, 6.45) is -0.544. The van der Waals surface area contributed by atoms with Gasteiger partial charge in [0.05, 0.1) is 5.56 Å². The Morgan fingerprint density at radius 2 is 1.62 bits per heavy atom. The number of halogens is 2. The molecule has 4 nitrogen and oxygen atoms in total.